The highest BCUT2D eigenvalue weighted by Gasteiger charge is 2.29. The normalized spacial score (nSPS) is 14.7. The lowest BCUT2D eigenvalue weighted by Gasteiger charge is -2.21. The Morgan fingerprint density at radius 2 is 0.452 bits per heavy atom. The summed E-state index contributed by atoms with van der Waals surface area (Å²) >= 11 is 0. The van der Waals surface area contributed by atoms with Crippen LogP contribution < -0.4 is 0 Å². The maximum absolute atomic E-state index is 13.0. The molecule has 5 unspecified atom stereocenters. The number of phosphoric ester groups is 2. The fourth-order valence-corrected chi connectivity index (χ4v) is 13.2. The number of rotatable bonds is 83. The van der Waals surface area contributed by atoms with E-state index in [2.05, 4.69) is 197 Å². The molecular weight excluding hydrogens is 1480 g/mol. The lowest BCUT2D eigenvalue weighted by atomic mass is 10.0. The molecule has 0 fully saturated rings. The zero-order valence-electron chi connectivity index (χ0n) is 71.9. The van der Waals surface area contributed by atoms with Crippen LogP contribution in [-0.4, -0.2) is 95.9 Å². The Morgan fingerprint density at radius 3 is 0.722 bits per heavy atom. The lowest BCUT2D eigenvalue weighted by molar-refractivity contribution is -0.161. The van der Waals surface area contributed by atoms with E-state index in [0.29, 0.717) is 25.7 Å². The van der Waals surface area contributed by atoms with Crippen molar-refractivity contribution in [2.45, 2.75) is 360 Å². The van der Waals surface area contributed by atoms with Crippen LogP contribution in [0.1, 0.15) is 342 Å². The Labute approximate surface area is 699 Å². The molecule has 0 saturated carbocycles. The Kier molecular flexibility index (Phi) is 83.4. The number of aliphatic hydroxyl groups is 2. The van der Waals surface area contributed by atoms with E-state index in [1.54, 1.807) is 0 Å². The lowest BCUT2D eigenvalue weighted by Crippen LogP contribution is -2.29. The summed E-state index contributed by atoms with van der Waals surface area (Å²) in [5.74, 6) is -1.68. The SMILES string of the molecule is CC/C=C\C/C=C\C/C=C\C/C=C\C/C=C\C/C=C\CCC(=O)OC(COC(=O)CCCCCCCCCCC/C=C\C/C=C\C/C=C\C/C=C\C/C=C\CC)COP(=O)(O)OCC(O)COP(=O)(O)OCC(O)COC(=O)CCCCCCCCCCCCCCCCCCCCC/C=C\C/C=C\C/C=C\C/C=C\C/C=C\CC. The number of carbonyl (C=O) groups excluding carboxylic acids is 3. The first-order valence-electron chi connectivity index (χ1n) is 44.7. The second-order valence-electron chi connectivity index (χ2n) is 29.3. The number of unbranched alkanes of at least 4 members (excludes halogenated alkanes) is 28. The van der Waals surface area contributed by atoms with Gasteiger partial charge in [-0.2, -0.15) is 0 Å². The molecule has 0 aromatic carbocycles. The van der Waals surface area contributed by atoms with Gasteiger partial charge in [0, 0.05) is 19.3 Å². The van der Waals surface area contributed by atoms with Crippen molar-refractivity contribution in [1.29, 1.82) is 0 Å². The van der Waals surface area contributed by atoms with Crippen LogP contribution >= 0.6 is 15.6 Å². The molecule has 0 aromatic rings. The molecule has 0 aliphatic rings. The van der Waals surface area contributed by atoms with Gasteiger partial charge in [0.1, 0.15) is 25.4 Å². The van der Waals surface area contributed by atoms with Crippen LogP contribution in [0.3, 0.4) is 0 Å². The van der Waals surface area contributed by atoms with Crippen molar-refractivity contribution in [3.8, 4) is 0 Å². The topological polar surface area (TPSA) is 231 Å². The molecule has 0 rings (SSSR count). The summed E-state index contributed by atoms with van der Waals surface area (Å²) in [6.07, 6.45) is 117. The van der Waals surface area contributed by atoms with Gasteiger partial charge < -0.3 is 34.2 Å². The third-order valence-electron chi connectivity index (χ3n) is 18.3. The third-order valence-corrected chi connectivity index (χ3v) is 20.2. The zero-order valence-corrected chi connectivity index (χ0v) is 73.7. The van der Waals surface area contributed by atoms with Gasteiger partial charge >= 0.3 is 33.6 Å². The average Bonchev–Trinajstić information content (AvgIpc) is 0.900. The minimum Gasteiger partial charge on any atom is -0.463 e. The predicted octanol–water partition coefficient (Wildman–Crippen LogP) is 27.4. The maximum atomic E-state index is 13.0. The molecule has 0 aliphatic carbocycles. The van der Waals surface area contributed by atoms with Gasteiger partial charge in [-0.3, -0.25) is 32.5 Å². The number of carbonyl (C=O) groups is 3. The molecule has 0 spiro atoms. The van der Waals surface area contributed by atoms with E-state index < -0.39 is 91.5 Å². The largest absolute Gasteiger partial charge is 0.472 e. The van der Waals surface area contributed by atoms with Crippen LogP contribution in [0, 0.1) is 0 Å². The molecule has 0 heterocycles. The fraction of sp³-hybridized carbons (Fsp3) is 0.639. The van der Waals surface area contributed by atoms with Gasteiger partial charge in [-0.05, 0) is 148 Å². The summed E-state index contributed by atoms with van der Waals surface area (Å²) in [7, 11) is -9.84. The molecule has 654 valence electrons. The Balaban J connectivity index is 4.55. The number of esters is 3. The molecule has 0 bridgehead atoms. The molecular formula is C97H160O16P2. The smallest absolute Gasteiger partial charge is 0.463 e. The van der Waals surface area contributed by atoms with Crippen molar-refractivity contribution in [2.75, 3.05) is 39.6 Å². The van der Waals surface area contributed by atoms with Crippen LogP contribution in [0.5, 0.6) is 0 Å². The first-order valence-corrected chi connectivity index (χ1v) is 47.7. The van der Waals surface area contributed by atoms with Gasteiger partial charge in [-0.15, -0.1) is 0 Å². The second kappa shape index (κ2) is 87.7. The molecule has 0 amide bonds. The van der Waals surface area contributed by atoms with Crippen LogP contribution in [0.2, 0.25) is 0 Å². The highest BCUT2D eigenvalue weighted by atomic mass is 31.2. The molecule has 0 aromatic heterocycles. The highest BCUT2D eigenvalue weighted by molar-refractivity contribution is 7.47. The summed E-state index contributed by atoms with van der Waals surface area (Å²) in [6.45, 7) is 2.26. The van der Waals surface area contributed by atoms with E-state index >= 15 is 0 Å². The molecule has 0 aliphatic heterocycles. The maximum Gasteiger partial charge on any atom is 0.472 e. The van der Waals surface area contributed by atoms with Crippen molar-refractivity contribution in [3.05, 3.63) is 194 Å². The van der Waals surface area contributed by atoms with Crippen LogP contribution in [0.15, 0.2) is 194 Å². The number of ether oxygens (including phenoxy) is 3. The van der Waals surface area contributed by atoms with Crippen LogP contribution in [0.25, 0.3) is 0 Å². The van der Waals surface area contributed by atoms with Crippen molar-refractivity contribution >= 4 is 33.6 Å². The molecule has 0 saturated heterocycles. The minimum atomic E-state index is -4.97. The summed E-state index contributed by atoms with van der Waals surface area (Å²) in [5, 5.41) is 20.7. The predicted molar refractivity (Wildman–Crippen MR) is 481 cm³/mol. The standard InChI is InChI=1S/C97H160O16P2/c1-4-7-10-13-16-19-22-25-28-31-34-36-38-40-41-42-43-44-45-46-47-48-49-51-53-54-57-59-62-65-68-71-74-77-80-83-95(100)107-86-92(98)87-109-114(103,104)110-88-93(99)89-111-115(105,106)112-91-94(113-97(102)85-82-79-76-73-70-67-64-61-56-33-30-27-24-21-18-15-12-9-6-3)90-108-96(101)84-81-78-75-72-69-66-63-60-58-55-52-50-39-37-35-32-29-26-23-20-17-14-11-8-5-2/h7-12,16-21,25-30,34-37,40-41,50,52,56,61,67,70,76,79,92-94,98-99H,4-6,13-15,22-24,31-33,38-39,42-49,51,53-55,57-60,62-66,68-69,71-75,77-78,80-91H2,1-3H3,(H,103,104)(H,105,106)/b10-7-,11-8-,12-9-,19-16-,20-17-,21-18-,28-25-,29-26-,30-27-,36-34-,37-35-,41-40-,52-50-,61-56-,70-67-,79-76-. The highest BCUT2D eigenvalue weighted by Crippen LogP contribution is 2.45. The summed E-state index contributed by atoms with van der Waals surface area (Å²) in [5.41, 5.74) is 0. The van der Waals surface area contributed by atoms with Crippen molar-refractivity contribution < 1.29 is 75.8 Å². The monoisotopic (exact) mass is 1640 g/mol. The van der Waals surface area contributed by atoms with E-state index in [4.69, 9.17) is 32.3 Å². The van der Waals surface area contributed by atoms with Gasteiger partial charge in [0.25, 0.3) is 0 Å². The van der Waals surface area contributed by atoms with Gasteiger partial charge in [0.2, 0.25) is 0 Å². The van der Waals surface area contributed by atoms with E-state index in [9.17, 15) is 43.5 Å². The number of aliphatic hydroxyl groups excluding tert-OH is 2. The van der Waals surface area contributed by atoms with Crippen LogP contribution in [-0.2, 0) is 55.8 Å². The number of hydrogen-bond donors (Lipinski definition) is 4. The Morgan fingerprint density at radius 1 is 0.243 bits per heavy atom. The molecule has 4 N–H and O–H groups in total. The van der Waals surface area contributed by atoms with E-state index in [-0.39, 0.29) is 19.3 Å². The number of allylic oxidation sites excluding steroid dienone is 32. The first kappa shape index (κ1) is 109. The van der Waals surface area contributed by atoms with Crippen molar-refractivity contribution in [2.24, 2.45) is 0 Å². The summed E-state index contributed by atoms with van der Waals surface area (Å²) in [4.78, 5) is 58.9. The van der Waals surface area contributed by atoms with Gasteiger partial charge in [0.15, 0.2) is 6.10 Å². The number of hydrogen-bond acceptors (Lipinski definition) is 14. The second-order valence-corrected chi connectivity index (χ2v) is 32.2. The Hall–Kier alpha value is -5.61. The minimum absolute atomic E-state index is 0.0282. The molecule has 115 heavy (non-hydrogen) atoms. The zero-order chi connectivity index (χ0) is 83.6. The Bertz CT molecular complexity index is 2870. The van der Waals surface area contributed by atoms with Gasteiger partial charge in [-0.1, -0.05) is 369 Å². The third kappa shape index (κ3) is 89.0. The summed E-state index contributed by atoms with van der Waals surface area (Å²) in [6, 6.07) is 0. The van der Waals surface area contributed by atoms with E-state index in [1.807, 2.05) is 18.2 Å². The van der Waals surface area contributed by atoms with Gasteiger partial charge in [0.05, 0.1) is 26.4 Å². The van der Waals surface area contributed by atoms with Gasteiger partial charge in [-0.25, -0.2) is 9.13 Å². The van der Waals surface area contributed by atoms with E-state index in [0.717, 1.165) is 148 Å². The first-order chi connectivity index (χ1) is 56.2. The number of phosphoric acid groups is 2. The van der Waals surface area contributed by atoms with Crippen LogP contribution in [0.4, 0.5) is 0 Å². The fourth-order valence-electron chi connectivity index (χ4n) is 11.7. The average molecular weight is 1640 g/mol. The summed E-state index contributed by atoms with van der Waals surface area (Å²) < 4.78 is 61.3. The van der Waals surface area contributed by atoms with Crippen molar-refractivity contribution in [1.82, 2.24) is 0 Å². The molecule has 18 heteroatoms. The van der Waals surface area contributed by atoms with Crippen molar-refractivity contribution in [3.63, 3.8) is 0 Å². The van der Waals surface area contributed by atoms with E-state index in [1.165, 1.54) is 128 Å². The quantitative estimate of drug-likeness (QED) is 0.0146. The molecule has 0 radical (unpaired) electrons. The molecule has 16 nitrogen and oxygen atoms in total. The molecule has 5 atom stereocenters.